The maximum atomic E-state index is 5.57. The van der Waals surface area contributed by atoms with E-state index in [0.29, 0.717) is 6.04 Å². The lowest BCUT2D eigenvalue weighted by molar-refractivity contribution is 0.0940. The number of nitrogens with one attached hydrogen (secondary N) is 1. The van der Waals surface area contributed by atoms with Gasteiger partial charge in [0.25, 0.3) is 0 Å². The molecular formula is C14H18N4O. The van der Waals surface area contributed by atoms with Gasteiger partial charge in [-0.3, -0.25) is 0 Å². The largest absolute Gasteiger partial charge is 0.377 e. The number of ether oxygens (including phenoxy) is 1. The summed E-state index contributed by atoms with van der Waals surface area (Å²) in [6.07, 6.45) is 1.81. The number of aromatic nitrogens is 2. The summed E-state index contributed by atoms with van der Waals surface area (Å²) in [5, 5.41) is 14.0. The van der Waals surface area contributed by atoms with Crippen molar-refractivity contribution in [3.8, 4) is 0 Å². The average molecular weight is 258 g/mol. The van der Waals surface area contributed by atoms with Crippen molar-refractivity contribution in [1.29, 1.82) is 0 Å². The topological polar surface area (TPSA) is 50.3 Å². The van der Waals surface area contributed by atoms with Crippen LogP contribution in [0.3, 0.4) is 0 Å². The van der Waals surface area contributed by atoms with Crippen LogP contribution in [0, 0.1) is 0 Å². The standard InChI is InChI=1S/C14H18N4O/c1-15-9-12-10-19-7-6-18(12)14-13-5-3-2-4-11(13)8-16-17-14/h2-5,8,12,15H,6-7,9-10H2,1H3. The summed E-state index contributed by atoms with van der Waals surface area (Å²) in [5.74, 6) is 0.960. The summed E-state index contributed by atoms with van der Waals surface area (Å²) in [4.78, 5) is 2.30. The van der Waals surface area contributed by atoms with E-state index >= 15 is 0 Å². The Morgan fingerprint density at radius 2 is 2.32 bits per heavy atom. The molecule has 5 heteroatoms. The summed E-state index contributed by atoms with van der Waals surface area (Å²) >= 11 is 0. The minimum Gasteiger partial charge on any atom is -0.377 e. The van der Waals surface area contributed by atoms with Crippen LogP contribution in [0.5, 0.6) is 0 Å². The Balaban J connectivity index is 2.02. The lowest BCUT2D eigenvalue weighted by Crippen LogP contribution is -2.50. The summed E-state index contributed by atoms with van der Waals surface area (Å²) in [6, 6.07) is 8.55. The monoisotopic (exact) mass is 258 g/mol. The fourth-order valence-corrected chi connectivity index (χ4v) is 2.56. The summed E-state index contributed by atoms with van der Waals surface area (Å²) in [7, 11) is 1.96. The van der Waals surface area contributed by atoms with E-state index in [-0.39, 0.29) is 0 Å². The highest BCUT2D eigenvalue weighted by Gasteiger charge is 2.25. The molecule has 0 bridgehead atoms. The smallest absolute Gasteiger partial charge is 0.159 e. The fraction of sp³-hybridized carbons (Fsp3) is 0.429. The van der Waals surface area contributed by atoms with E-state index in [2.05, 4.69) is 32.5 Å². The molecule has 1 unspecified atom stereocenters. The van der Waals surface area contributed by atoms with Gasteiger partial charge >= 0.3 is 0 Å². The van der Waals surface area contributed by atoms with Gasteiger partial charge in [0, 0.05) is 23.9 Å². The molecule has 0 spiro atoms. The highest BCUT2D eigenvalue weighted by Crippen LogP contribution is 2.25. The highest BCUT2D eigenvalue weighted by atomic mass is 16.5. The molecule has 1 saturated heterocycles. The summed E-state index contributed by atoms with van der Waals surface area (Å²) in [5.41, 5.74) is 0. The van der Waals surface area contributed by atoms with Gasteiger partial charge in [-0.05, 0) is 7.05 Å². The maximum Gasteiger partial charge on any atom is 0.159 e. The molecule has 0 amide bonds. The normalized spacial score (nSPS) is 19.8. The second kappa shape index (κ2) is 5.50. The number of hydrogen-bond acceptors (Lipinski definition) is 5. The van der Waals surface area contributed by atoms with Crippen molar-refractivity contribution in [2.24, 2.45) is 0 Å². The Labute approximate surface area is 112 Å². The fourth-order valence-electron chi connectivity index (χ4n) is 2.56. The molecule has 1 aromatic carbocycles. The zero-order valence-corrected chi connectivity index (χ0v) is 11.0. The highest BCUT2D eigenvalue weighted by molar-refractivity contribution is 5.91. The molecular weight excluding hydrogens is 240 g/mol. The van der Waals surface area contributed by atoms with Gasteiger partial charge in [0.2, 0.25) is 0 Å². The van der Waals surface area contributed by atoms with Gasteiger partial charge in [0.1, 0.15) is 0 Å². The molecule has 0 aliphatic carbocycles. The van der Waals surface area contributed by atoms with Crippen molar-refractivity contribution in [3.63, 3.8) is 0 Å². The van der Waals surface area contributed by atoms with Crippen LogP contribution >= 0.6 is 0 Å². The van der Waals surface area contributed by atoms with Gasteiger partial charge in [-0.15, -0.1) is 5.10 Å². The Morgan fingerprint density at radius 3 is 3.21 bits per heavy atom. The van der Waals surface area contributed by atoms with Crippen molar-refractivity contribution in [2.75, 3.05) is 38.3 Å². The predicted molar refractivity (Wildman–Crippen MR) is 75.4 cm³/mol. The summed E-state index contributed by atoms with van der Waals surface area (Å²) < 4.78 is 5.57. The van der Waals surface area contributed by atoms with E-state index in [9.17, 15) is 0 Å². The number of rotatable bonds is 3. The van der Waals surface area contributed by atoms with Crippen molar-refractivity contribution in [1.82, 2.24) is 15.5 Å². The number of nitrogens with zero attached hydrogens (tertiary/aromatic N) is 3. The van der Waals surface area contributed by atoms with Crippen LogP contribution in [0.2, 0.25) is 0 Å². The van der Waals surface area contributed by atoms with E-state index in [1.165, 1.54) is 0 Å². The molecule has 1 aliphatic rings. The zero-order valence-electron chi connectivity index (χ0n) is 11.0. The van der Waals surface area contributed by atoms with Crippen LogP contribution in [0.15, 0.2) is 30.5 Å². The summed E-state index contributed by atoms with van der Waals surface area (Å²) in [6.45, 7) is 3.21. The van der Waals surface area contributed by atoms with E-state index in [4.69, 9.17) is 4.74 Å². The van der Waals surface area contributed by atoms with E-state index < -0.39 is 0 Å². The van der Waals surface area contributed by atoms with E-state index in [1.807, 2.05) is 25.4 Å². The average Bonchev–Trinajstić information content (AvgIpc) is 2.48. The van der Waals surface area contributed by atoms with Gasteiger partial charge in [-0.2, -0.15) is 5.10 Å². The number of hydrogen-bond donors (Lipinski definition) is 1. The molecule has 2 heterocycles. The molecule has 1 atom stereocenters. The van der Waals surface area contributed by atoms with Gasteiger partial charge in [0.15, 0.2) is 5.82 Å². The molecule has 19 heavy (non-hydrogen) atoms. The Morgan fingerprint density at radius 1 is 1.42 bits per heavy atom. The van der Waals surface area contributed by atoms with Crippen LogP contribution in [-0.4, -0.2) is 49.6 Å². The predicted octanol–water partition coefficient (Wildman–Crippen LogP) is 1.05. The lowest BCUT2D eigenvalue weighted by atomic mass is 10.1. The molecule has 1 fully saturated rings. The van der Waals surface area contributed by atoms with Crippen molar-refractivity contribution in [2.45, 2.75) is 6.04 Å². The Kier molecular flexibility index (Phi) is 3.57. The van der Waals surface area contributed by atoms with Gasteiger partial charge in [-0.25, -0.2) is 0 Å². The molecule has 1 aliphatic heterocycles. The number of benzene rings is 1. The third-order valence-electron chi connectivity index (χ3n) is 3.49. The third kappa shape index (κ3) is 2.39. The van der Waals surface area contributed by atoms with Gasteiger partial charge < -0.3 is 15.0 Å². The van der Waals surface area contributed by atoms with Gasteiger partial charge in [-0.1, -0.05) is 24.3 Å². The third-order valence-corrected chi connectivity index (χ3v) is 3.49. The molecule has 100 valence electrons. The zero-order chi connectivity index (χ0) is 13.1. The number of likely N-dealkylation sites (N-methyl/N-ethyl adjacent to an activating group) is 1. The van der Waals surface area contributed by atoms with Crippen LogP contribution < -0.4 is 10.2 Å². The maximum absolute atomic E-state index is 5.57. The van der Waals surface area contributed by atoms with Crippen LogP contribution in [-0.2, 0) is 4.74 Å². The minimum absolute atomic E-state index is 0.304. The Hall–Kier alpha value is -1.72. The first-order valence-electron chi connectivity index (χ1n) is 6.59. The Bertz CT molecular complexity index is 553. The molecule has 5 nitrogen and oxygen atoms in total. The molecule has 1 aromatic heterocycles. The van der Waals surface area contributed by atoms with Crippen molar-refractivity contribution >= 4 is 16.6 Å². The SMILES string of the molecule is CNCC1COCCN1c1nncc2ccccc12. The number of morpholine rings is 1. The number of anilines is 1. The van der Waals surface area contributed by atoms with Crippen molar-refractivity contribution in [3.05, 3.63) is 30.5 Å². The van der Waals surface area contributed by atoms with Crippen molar-refractivity contribution < 1.29 is 4.74 Å². The molecule has 0 radical (unpaired) electrons. The number of fused-ring (bicyclic) bond motifs is 1. The molecule has 3 rings (SSSR count). The molecule has 0 saturated carbocycles. The lowest BCUT2D eigenvalue weighted by Gasteiger charge is -2.36. The van der Waals surface area contributed by atoms with E-state index in [0.717, 1.165) is 42.9 Å². The first kappa shape index (κ1) is 12.3. The molecule has 2 aromatic rings. The van der Waals surface area contributed by atoms with Crippen LogP contribution in [0.25, 0.3) is 10.8 Å². The quantitative estimate of drug-likeness (QED) is 0.892. The second-order valence-electron chi connectivity index (χ2n) is 4.74. The first-order chi connectivity index (χ1) is 9.40. The van der Waals surface area contributed by atoms with Crippen LogP contribution in [0.4, 0.5) is 5.82 Å². The van der Waals surface area contributed by atoms with E-state index in [1.54, 1.807) is 0 Å². The second-order valence-corrected chi connectivity index (χ2v) is 4.74. The minimum atomic E-state index is 0.304. The molecule has 1 N–H and O–H groups in total. The van der Waals surface area contributed by atoms with Gasteiger partial charge in [0.05, 0.1) is 25.5 Å². The van der Waals surface area contributed by atoms with Crippen LogP contribution in [0.1, 0.15) is 0 Å². The first-order valence-corrected chi connectivity index (χ1v) is 6.59.